The van der Waals surface area contributed by atoms with Crippen molar-refractivity contribution in [3.8, 4) is 0 Å². The van der Waals surface area contributed by atoms with E-state index in [9.17, 15) is 0 Å². The van der Waals surface area contributed by atoms with Gasteiger partial charge in [-0.2, -0.15) is 0 Å². The maximum atomic E-state index is 3.78. The van der Waals surface area contributed by atoms with Gasteiger partial charge in [-0.25, -0.2) is 0 Å². The summed E-state index contributed by atoms with van der Waals surface area (Å²) in [6, 6.07) is 0. The predicted octanol–water partition coefficient (Wildman–Crippen LogP) is 3.92. The fourth-order valence-electron chi connectivity index (χ4n) is 1.56. The largest absolute Gasteiger partial charge is 0.297 e. The van der Waals surface area contributed by atoms with Crippen LogP contribution in [0.1, 0.15) is 75.2 Å². The summed E-state index contributed by atoms with van der Waals surface area (Å²) in [5.74, 6) is 0. The van der Waals surface area contributed by atoms with Crippen LogP contribution in [0.15, 0.2) is 0 Å². The van der Waals surface area contributed by atoms with Crippen molar-refractivity contribution in [1.82, 2.24) is 10.6 Å². The van der Waals surface area contributed by atoms with Gasteiger partial charge in [0.1, 0.15) is 0 Å². The van der Waals surface area contributed by atoms with Crippen LogP contribution in [-0.2, 0) is 0 Å². The molecule has 0 amide bonds. The van der Waals surface area contributed by atoms with Crippen molar-refractivity contribution >= 4 is 0 Å². The highest BCUT2D eigenvalue weighted by atomic mass is 15.2. The summed E-state index contributed by atoms with van der Waals surface area (Å²) in [5.41, 5.74) is 0.559. The minimum Gasteiger partial charge on any atom is -0.297 e. The fourth-order valence-corrected chi connectivity index (χ4v) is 1.56. The Morgan fingerprint density at radius 1 is 0.765 bits per heavy atom. The Morgan fingerprint density at radius 3 is 1.53 bits per heavy atom. The first kappa shape index (κ1) is 16.9. The predicted molar refractivity (Wildman–Crippen MR) is 78.3 cm³/mol. The zero-order valence-electron chi connectivity index (χ0n) is 13.5. The van der Waals surface area contributed by atoms with E-state index in [0.717, 1.165) is 12.8 Å². The van der Waals surface area contributed by atoms with Gasteiger partial charge in [0.05, 0.1) is 6.17 Å². The average molecular weight is 242 g/mol. The maximum Gasteiger partial charge on any atom is 0.0632 e. The SMILES string of the molecule is CCC(C)(C)NC(NC(C)(C)C)C(C)(C)CC. The molecule has 0 aliphatic heterocycles. The van der Waals surface area contributed by atoms with E-state index >= 15 is 0 Å². The number of hydrogen-bond acceptors (Lipinski definition) is 2. The standard InChI is InChI=1S/C15H34N2/c1-10-14(6,7)12(16-13(3,4)5)17-15(8,9)11-2/h12,16-17H,10-11H2,1-9H3. The molecule has 0 aromatic rings. The highest BCUT2D eigenvalue weighted by molar-refractivity contribution is 4.91. The third-order valence-corrected chi connectivity index (χ3v) is 3.69. The summed E-state index contributed by atoms with van der Waals surface area (Å²) < 4.78 is 0. The molecule has 0 saturated carbocycles. The van der Waals surface area contributed by atoms with Gasteiger partial charge in [0.25, 0.3) is 0 Å². The molecular formula is C15H34N2. The summed E-state index contributed by atoms with van der Waals surface area (Å²) in [6.07, 6.45) is 2.63. The third-order valence-electron chi connectivity index (χ3n) is 3.69. The first-order valence-electron chi connectivity index (χ1n) is 6.99. The van der Waals surface area contributed by atoms with Crippen molar-refractivity contribution in [2.75, 3.05) is 0 Å². The van der Waals surface area contributed by atoms with E-state index in [1.807, 2.05) is 0 Å². The van der Waals surface area contributed by atoms with Gasteiger partial charge in [-0.15, -0.1) is 0 Å². The van der Waals surface area contributed by atoms with Crippen molar-refractivity contribution in [3.05, 3.63) is 0 Å². The van der Waals surface area contributed by atoms with Crippen LogP contribution in [0.4, 0.5) is 0 Å². The van der Waals surface area contributed by atoms with Crippen LogP contribution >= 0.6 is 0 Å². The highest BCUT2D eigenvalue weighted by Crippen LogP contribution is 2.27. The van der Waals surface area contributed by atoms with Gasteiger partial charge in [-0.05, 0) is 52.9 Å². The molecule has 0 radical (unpaired) electrons. The van der Waals surface area contributed by atoms with E-state index in [0.29, 0.717) is 6.17 Å². The van der Waals surface area contributed by atoms with Crippen LogP contribution < -0.4 is 10.6 Å². The molecular weight excluding hydrogens is 208 g/mol. The molecule has 2 N–H and O–H groups in total. The lowest BCUT2D eigenvalue weighted by Gasteiger charge is -2.44. The molecule has 0 aliphatic carbocycles. The molecule has 0 aliphatic rings. The normalized spacial score (nSPS) is 16.1. The second-order valence-electron chi connectivity index (χ2n) is 7.55. The Bertz CT molecular complexity index is 224. The van der Waals surface area contributed by atoms with Crippen LogP contribution in [0.5, 0.6) is 0 Å². The van der Waals surface area contributed by atoms with E-state index in [1.165, 1.54) is 0 Å². The van der Waals surface area contributed by atoms with Gasteiger partial charge in [0.2, 0.25) is 0 Å². The van der Waals surface area contributed by atoms with Crippen LogP contribution in [0, 0.1) is 5.41 Å². The fraction of sp³-hybridized carbons (Fsp3) is 1.00. The molecule has 1 atom stereocenters. The molecule has 1 unspecified atom stereocenters. The molecule has 0 saturated heterocycles. The zero-order chi connectivity index (χ0) is 13.9. The summed E-state index contributed by atoms with van der Waals surface area (Å²) in [6.45, 7) is 20.4. The first-order chi connectivity index (χ1) is 7.43. The van der Waals surface area contributed by atoms with Crippen LogP contribution in [0.2, 0.25) is 0 Å². The summed E-state index contributed by atoms with van der Waals surface area (Å²) >= 11 is 0. The second-order valence-corrected chi connectivity index (χ2v) is 7.55. The average Bonchev–Trinajstić information content (AvgIpc) is 2.14. The number of nitrogens with one attached hydrogen (secondary N) is 2. The quantitative estimate of drug-likeness (QED) is 0.690. The van der Waals surface area contributed by atoms with Gasteiger partial charge in [0, 0.05) is 11.1 Å². The van der Waals surface area contributed by atoms with E-state index in [2.05, 4.69) is 72.9 Å². The van der Waals surface area contributed by atoms with E-state index < -0.39 is 0 Å². The van der Waals surface area contributed by atoms with Crippen molar-refractivity contribution in [2.45, 2.75) is 92.4 Å². The maximum absolute atomic E-state index is 3.78. The Labute approximate surface area is 109 Å². The molecule has 0 fully saturated rings. The molecule has 0 spiro atoms. The monoisotopic (exact) mass is 242 g/mol. The van der Waals surface area contributed by atoms with Gasteiger partial charge >= 0.3 is 0 Å². The van der Waals surface area contributed by atoms with Gasteiger partial charge < -0.3 is 0 Å². The summed E-state index contributed by atoms with van der Waals surface area (Å²) in [5, 5.41) is 7.51. The van der Waals surface area contributed by atoms with Crippen LogP contribution in [0.3, 0.4) is 0 Å². The molecule has 0 aromatic heterocycles. The molecule has 0 aromatic carbocycles. The van der Waals surface area contributed by atoms with Crippen molar-refractivity contribution in [2.24, 2.45) is 5.41 Å². The molecule has 2 heteroatoms. The van der Waals surface area contributed by atoms with Gasteiger partial charge in [-0.3, -0.25) is 10.6 Å². The highest BCUT2D eigenvalue weighted by Gasteiger charge is 2.33. The smallest absolute Gasteiger partial charge is 0.0632 e. The lowest BCUT2D eigenvalue weighted by atomic mass is 9.83. The van der Waals surface area contributed by atoms with Crippen LogP contribution in [-0.4, -0.2) is 17.2 Å². The first-order valence-corrected chi connectivity index (χ1v) is 6.99. The number of hydrogen-bond donors (Lipinski definition) is 2. The minimum absolute atomic E-state index is 0.133. The third kappa shape index (κ3) is 6.42. The van der Waals surface area contributed by atoms with Crippen molar-refractivity contribution in [3.63, 3.8) is 0 Å². The Morgan fingerprint density at radius 2 is 1.24 bits per heavy atom. The van der Waals surface area contributed by atoms with E-state index in [4.69, 9.17) is 0 Å². The molecule has 2 nitrogen and oxygen atoms in total. The molecule has 104 valence electrons. The Hall–Kier alpha value is -0.0800. The van der Waals surface area contributed by atoms with Gasteiger partial charge in [0.15, 0.2) is 0 Å². The summed E-state index contributed by atoms with van der Waals surface area (Å²) in [4.78, 5) is 0. The second kappa shape index (κ2) is 5.71. The topological polar surface area (TPSA) is 24.1 Å². The minimum atomic E-state index is 0.133. The van der Waals surface area contributed by atoms with E-state index in [1.54, 1.807) is 0 Å². The Kier molecular flexibility index (Phi) is 5.68. The van der Waals surface area contributed by atoms with Crippen LogP contribution in [0.25, 0.3) is 0 Å². The number of rotatable bonds is 6. The van der Waals surface area contributed by atoms with Crippen molar-refractivity contribution in [1.29, 1.82) is 0 Å². The van der Waals surface area contributed by atoms with Gasteiger partial charge in [-0.1, -0.05) is 27.7 Å². The molecule has 17 heavy (non-hydrogen) atoms. The molecule has 0 rings (SSSR count). The van der Waals surface area contributed by atoms with Crippen molar-refractivity contribution < 1.29 is 0 Å². The van der Waals surface area contributed by atoms with E-state index in [-0.39, 0.29) is 16.5 Å². The lowest BCUT2D eigenvalue weighted by molar-refractivity contribution is 0.125. The lowest BCUT2D eigenvalue weighted by Crippen LogP contribution is -2.62. The molecule has 0 bridgehead atoms. The summed E-state index contributed by atoms with van der Waals surface area (Å²) in [7, 11) is 0. The molecule has 0 heterocycles. The zero-order valence-corrected chi connectivity index (χ0v) is 13.5. The Balaban J connectivity index is 4.88.